The molecule has 1 aromatic heterocycles. The maximum atomic E-state index is 12.6. The first-order valence-electron chi connectivity index (χ1n) is 7.35. The summed E-state index contributed by atoms with van der Waals surface area (Å²) in [5.74, 6) is 0.480. The number of ether oxygens (including phenoxy) is 1. The Bertz CT molecular complexity index is 534. The SMILES string of the molecule is CCNCc1cc(S(=O)(=O)N2CCC(COC)CC2)cs1. The van der Waals surface area contributed by atoms with E-state index in [9.17, 15) is 8.42 Å². The fourth-order valence-electron chi connectivity index (χ4n) is 2.54. The van der Waals surface area contributed by atoms with E-state index >= 15 is 0 Å². The average molecular weight is 332 g/mol. The van der Waals surface area contributed by atoms with Crippen LogP contribution in [0.4, 0.5) is 0 Å². The van der Waals surface area contributed by atoms with Crippen LogP contribution in [0.15, 0.2) is 16.3 Å². The summed E-state index contributed by atoms with van der Waals surface area (Å²) in [6.45, 7) is 5.55. The highest BCUT2D eigenvalue weighted by molar-refractivity contribution is 7.89. The van der Waals surface area contributed by atoms with Crippen molar-refractivity contribution in [1.82, 2.24) is 9.62 Å². The molecule has 5 nitrogen and oxygen atoms in total. The van der Waals surface area contributed by atoms with Crippen molar-refractivity contribution in [3.63, 3.8) is 0 Å². The highest BCUT2D eigenvalue weighted by Gasteiger charge is 2.29. The largest absolute Gasteiger partial charge is 0.384 e. The van der Waals surface area contributed by atoms with Gasteiger partial charge in [0.25, 0.3) is 0 Å². The van der Waals surface area contributed by atoms with E-state index in [-0.39, 0.29) is 0 Å². The van der Waals surface area contributed by atoms with Gasteiger partial charge in [0.15, 0.2) is 0 Å². The van der Waals surface area contributed by atoms with E-state index < -0.39 is 10.0 Å². The molecule has 1 aliphatic rings. The Kier molecular flexibility index (Phi) is 6.19. The lowest BCUT2D eigenvalue weighted by atomic mass is 9.99. The molecule has 1 N–H and O–H groups in total. The molecule has 1 aliphatic heterocycles. The van der Waals surface area contributed by atoms with Crippen LogP contribution < -0.4 is 5.32 Å². The Morgan fingerprint density at radius 3 is 2.76 bits per heavy atom. The smallest absolute Gasteiger partial charge is 0.243 e. The van der Waals surface area contributed by atoms with Crippen molar-refractivity contribution in [2.45, 2.75) is 31.2 Å². The summed E-state index contributed by atoms with van der Waals surface area (Å²) in [5.41, 5.74) is 0. The molecule has 0 atom stereocenters. The standard InChI is InChI=1S/C14H24N2O3S2/c1-3-15-9-13-8-14(11-20-13)21(17,18)16-6-4-12(5-7-16)10-19-2/h8,11-12,15H,3-7,9-10H2,1-2H3. The molecular weight excluding hydrogens is 308 g/mol. The molecule has 0 saturated carbocycles. The number of rotatable bonds is 7. The molecule has 0 unspecified atom stereocenters. The minimum Gasteiger partial charge on any atom is -0.384 e. The molecule has 1 saturated heterocycles. The number of hydrogen-bond donors (Lipinski definition) is 1. The van der Waals surface area contributed by atoms with E-state index in [4.69, 9.17) is 4.74 Å². The van der Waals surface area contributed by atoms with Crippen molar-refractivity contribution in [1.29, 1.82) is 0 Å². The van der Waals surface area contributed by atoms with Crippen molar-refractivity contribution in [3.05, 3.63) is 16.3 Å². The molecule has 0 aliphatic carbocycles. The molecule has 21 heavy (non-hydrogen) atoms. The number of hydrogen-bond acceptors (Lipinski definition) is 5. The van der Waals surface area contributed by atoms with Gasteiger partial charge in [0.05, 0.1) is 4.90 Å². The second-order valence-corrected chi connectivity index (χ2v) is 8.27. The molecule has 0 spiro atoms. The Morgan fingerprint density at radius 2 is 2.14 bits per heavy atom. The molecule has 1 aromatic rings. The van der Waals surface area contributed by atoms with Gasteiger partial charge in [-0.05, 0) is 31.4 Å². The molecule has 0 radical (unpaired) electrons. The minimum absolute atomic E-state index is 0.436. The van der Waals surface area contributed by atoms with Crippen LogP contribution in [0.25, 0.3) is 0 Å². The summed E-state index contributed by atoms with van der Waals surface area (Å²) in [6.07, 6.45) is 1.75. The predicted octanol–water partition coefficient (Wildman–Crippen LogP) is 1.90. The van der Waals surface area contributed by atoms with Crippen molar-refractivity contribution >= 4 is 21.4 Å². The molecule has 1 fully saturated rings. The Labute approximate surface area is 131 Å². The quantitative estimate of drug-likeness (QED) is 0.828. The van der Waals surface area contributed by atoms with Crippen molar-refractivity contribution in [3.8, 4) is 0 Å². The molecule has 0 aromatic carbocycles. The summed E-state index contributed by atoms with van der Waals surface area (Å²) >= 11 is 1.50. The zero-order valence-electron chi connectivity index (χ0n) is 12.7. The monoisotopic (exact) mass is 332 g/mol. The second kappa shape index (κ2) is 7.69. The van der Waals surface area contributed by atoms with Crippen LogP contribution in [0.5, 0.6) is 0 Å². The lowest BCUT2D eigenvalue weighted by Crippen LogP contribution is -2.39. The van der Waals surface area contributed by atoms with Gasteiger partial charge in [-0.1, -0.05) is 6.92 Å². The predicted molar refractivity (Wildman–Crippen MR) is 85.1 cm³/mol. The van der Waals surface area contributed by atoms with Crippen LogP contribution in [-0.2, 0) is 21.3 Å². The van der Waals surface area contributed by atoms with Crippen molar-refractivity contribution in [2.75, 3.05) is 33.4 Å². The summed E-state index contributed by atoms with van der Waals surface area (Å²) in [6, 6.07) is 1.80. The third-order valence-electron chi connectivity index (χ3n) is 3.79. The Morgan fingerprint density at radius 1 is 1.43 bits per heavy atom. The maximum Gasteiger partial charge on any atom is 0.243 e. The fourth-order valence-corrected chi connectivity index (χ4v) is 5.24. The molecular formula is C14H24N2O3S2. The first-order valence-corrected chi connectivity index (χ1v) is 9.67. The lowest BCUT2D eigenvalue weighted by molar-refractivity contribution is 0.121. The normalized spacial score (nSPS) is 18.2. The van der Waals surface area contributed by atoms with Gasteiger partial charge in [-0.2, -0.15) is 4.31 Å². The van der Waals surface area contributed by atoms with E-state index in [1.165, 1.54) is 11.3 Å². The highest BCUT2D eigenvalue weighted by Crippen LogP contribution is 2.26. The van der Waals surface area contributed by atoms with Crippen molar-refractivity contribution < 1.29 is 13.2 Å². The van der Waals surface area contributed by atoms with Gasteiger partial charge < -0.3 is 10.1 Å². The highest BCUT2D eigenvalue weighted by atomic mass is 32.2. The zero-order valence-corrected chi connectivity index (χ0v) is 14.3. The van der Waals surface area contributed by atoms with Gasteiger partial charge in [-0.15, -0.1) is 11.3 Å². The van der Waals surface area contributed by atoms with Crippen molar-refractivity contribution in [2.24, 2.45) is 5.92 Å². The van der Waals surface area contributed by atoms with Gasteiger partial charge in [0, 0.05) is 43.6 Å². The maximum absolute atomic E-state index is 12.6. The number of methoxy groups -OCH3 is 1. The third kappa shape index (κ3) is 4.26. The van der Waals surface area contributed by atoms with E-state index in [0.29, 0.717) is 23.9 Å². The van der Waals surface area contributed by atoms with Crippen LogP contribution in [0.3, 0.4) is 0 Å². The fraction of sp³-hybridized carbons (Fsp3) is 0.714. The lowest BCUT2D eigenvalue weighted by Gasteiger charge is -2.30. The summed E-state index contributed by atoms with van der Waals surface area (Å²) in [5, 5.41) is 4.97. The van der Waals surface area contributed by atoms with Gasteiger partial charge in [-0.3, -0.25) is 0 Å². The summed E-state index contributed by atoms with van der Waals surface area (Å²) in [4.78, 5) is 1.50. The second-order valence-electron chi connectivity index (χ2n) is 5.33. The van der Waals surface area contributed by atoms with Gasteiger partial charge in [0.2, 0.25) is 10.0 Å². The Hall–Kier alpha value is -0.470. The van der Waals surface area contributed by atoms with Crippen LogP contribution in [0.2, 0.25) is 0 Å². The number of nitrogens with one attached hydrogen (secondary N) is 1. The van der Waals surface area contributed by atoms with Gasteiger partial charge in [0.1, 0.15) is 0 Å². The number of thiophene rings is 1. The molecule has 0 amide bonds. The average Bonchev–Trinajstić information content (AvgIpc) is 2.96. The third-order valence-corrected chi connectivity index (χ3v) is 6.75. The van der Waals surface area contributed by atoms with Crippen LogP contribution in [-0.4, -0.2) is 46.1 Å². The van der Waals surface area contributed by atoms with E-state index in [1.54, 1.807) is 22.9 Å². The van der Waals surface area contributed by atoms with Crippen LogP contribution in [0.1, 0.15) is 24.6 Å². The Balaban J connectivity index is 2.00. The van der Waals surface area contributed by atoms with E-state index in [1.807, 2.05) is 6.92 Å². The number of nitrogens with zero attached hydrogens (tertiary/aromatic N) is 1. The molecule has 2 rings (SSSR count). The first kappa shape index (κ1) is 16.9. The van der Waals surface area contributed by atoms with Gasteiger partial charge in [-0.25, -0.2) is 8.42 Å². The number of sulfonamides is 1. The number of piperidine rings is 1. The topological polar surface area (TPSA) is 58.6 Å². The van der Waals surface area contributed by atoms with E-state index in [2.05, 4.69) is 5.32 Å². The van der Waals surface area contributed by atoms with Crippen LogP contribution >= 0.6 is 11.3 Å². The molecule has 0 bridgehead atoms. The summed E-state index contributed by atoms with van der Waals surface area (Å²) in [7, 11) is -1.63. The molecule has 2 heterocycles. The van der Waals surface area contributed by atoms with Gasteiger partial charge >= 0.3 is 0 Å². The zero-order chi connectivity index (χ0) is 15.3. The van der Waals surface area contributed by atoms with Crippen LogP contribution in [0, 0.1) is 5.92 Å². The summed E-state index contributed by atoms with van der Waals surface area (Å²) < 4.78 is 32.0. The molecule has 120 valence electrons. The molecule has 7 heteroatoms. The first-order chi connectivity index (χ1) is 10.1. The van der Waals surface area contributed by atoms with E-state index in [0.717, 1.165) is 37.4 Å². The minimum atomic E-state index is -3.33.